The molecule has 0 saturated carbocycles. The van der Waals surface area contributed by atoms with Crippen LogP contribution in [-0.2, 0) is 4.74 Å². The van der Waals surface area contributed by atoms with E-state index in [4.69, 9.17) is 4.74 Å². The maximum absolute atomic E-state index is 10.2. The number of aliphatic hydroxyl groups is 1. The zero-order valence-electron chi connectivity index (χ0n) is 9.55. The molecule has 2 unspecified atom stereocenters. The van der Waals surface area contributed by atoms with Gasteiger partial charge in [0.2, 0.25) is 0 Å². The molecule has 3 nitrogen and oxygen atoms in total. The summed E-state index contributed by atoms with van der Waals surface area (Å²) in [7, 11) is 0. The molecule has 14 heavy (non-hydrogen) atoms. The monoisotopic (exact) mass is 201 g/mol. The van der Waals surface area contributed by atoms with Crippen molar-refractivity contribution in [2.24, 2.45) is 5.92 Å². The van der Waals surface area contributed by atoms with E-state index in [0.29, 0.717) is 12.5 Å². The summed E-state index contributed by atoms with van der Waals surface area (Å²) in [4.78, 5) is 0. The second-order valence-electron chi connectivity index (χ2n) is 4.76. The summed E-state index contributed by atoms with van der Waals surface area (Å²) in [6, 6.07) is 0. The van der Waals surface area contributed by atoms with Crippen LogP contribution in [-0.4, -0.2) is 36.5 Å². The van der Waals surface area contributed by atoms with Gasteiger partial charge in [0, 0.05) is 12.5 Å². The van der Waals surface area contributed by atoms with Crippen molar-refractivity contribution in [3.63, 3.8) is 0 Å². The lowest BCUT2D eigenvalue weighted by molar-refractivity contribution is -0.0912. The van der Waals surface area contributed by atoms with Crippen molar-refractivity contribution < 1.29 is 9.84 Å². The molecule has 3 heteroatoms. The maximum Gasteiger partial charge on any atom is 0.0892 e. The molecular weight excluding hydrogens is 178 g/mol. The fourth-order valence-corrected chi connectivity index (χ4v) is 1.84. The van der Waals surface area contributed by atoms with Crippen LogP contribution in [0.4, 0.5) is 0 Å². The molecule has 1 saturated heterocycles. The van der Waals surface area contributed by atoms with Crippen LogP contribution < -0.4 is 5.32 Å². The van der Waals surface area contributed by atoms with Crippen molar-refractivity contribution in [2.45, 2.75) is 45.3 Å². The Bertz CT molecular complexity index is 163. The third-order valence-electron chi connectivity index (χ3n) is 2.89. The first-order valence-corrected chi connectivity index (χ1v) is 5.57. The van der Waals surface area contributed by atoms with E-state index >= 15 is 0 Å². The van der Waals surface area contributed by atoms with E-state index < -0.39 is 5.60 Å². The van der Waals surface area contributed by atoms with Crippen LogP contribution in [0.1, 0.15) is 33.6 Å². The molecule has 1 heterocycles. The highest BCUT2D eigenvalue weighted by Crippen LogP contribution is 2.24. The Hall–Kier alpha value is -0.120. The smallest absolute Gasteiger partial charge is 0.0892 e. The van der Waals surface area contributed by atoms with Gasteiger partial charge in [0.1, 0.15) is 0 Å². The van der Waals surface area contributed by atoms with Crippen LogP contribution in [0.25, 0.3) is 0 Å². The Morgan fingerprint density at radius 3 is 2.79 bits per heavy atom. The summed E-state index contributed by atoms with van der Waals surface area (Å²) in [6.45, 7) is 8.31. The Balaban J connectivity index is 2.37. The number of piperidine rings is 1. The lowest BCUT2D eigenvalue weighted by Gasteiger charge is -2.36. The molecule has 1 fully saturated rings. The van der Waals surface area contributed by atoms with Gasteiger partial charge in [-0.3, -0.25) is 0 Å². The van der Waals surface area contributed by atoms with Gasteiger partial charge in [-0.25, -0.2) is 0 Å². The topological polar surface area (TPSA) is 41.5 Å². The summed E-state index contributed by atoms with van der Waals surface area (Å²) in [6.07, 6.45) is 2.45. The number of hydrogen-bond donors (Lipinski definition) is 2. The van der Waals surface area contributed by atoms with Gasteiger partial charge in [-0.2, -0.15) is 0 Å². The average molecular weight is 201 g/mol. The van der Waals surface area contributed by atoms with Gasteiger partial charge < -0.3 is 15.2 Å². The van der Waals surface area contributed by atoms with Crippen LogP contribution in [0, 0.1) is 5.92 Å². The normalized spacial score (nSPS) is 27.6. The highest BCUT2D eigenvalue weighted by atomic mass is 16.5. The molecule has 1 aliphatic rings. The zero-order valence-corrected chi connectivity index (χ0v) is 9.55. The first kappa shape index (κ1) is 12.0. The van der Waals surface area contributed by atoms with Crippen molar-refractivity contribution in [1.82, 2.24) is 5.32 Å². The molecule has 1 aliphatic heterocycles. The number of rotatable bonds is 4. The van der Waals surface area contributed by atoms with Crippen LogP contribution in [0.2, 0.25) is 0 Å². The van der Waals surface area contributed by atoms with E-state index in [1.165, 1.54) is 0 Å². The molecule has 0 aliphatic carbocycles. The maximum atomic E-state index is 10.2. The van der Waals surface area contributed by atoms with E-state index in [1.54, 1.807) is 0 Å². The van der Waals surface area contributed by atoms with Crippen molar-refractivity contribution >= 4 is 0 Å². The van der Waals surface area contributed by atoms with Crippen LogP contribution in [0.3, 0.4) is 0 Å². The van der Waals surface area contributed by atoms with Crippen LogP contribution >= 0.6 is 0 Å². The molecular formula is C11H23NO2. The fourth-order valence-electron chi connectivity index (χ4n) is 1.84. The van der Waals surface area contributed by atoms with E-state index in [9.17, 15) is 5.11 Å². The minimum absolute atomic E-state index is 0.193. The second-order valence-corrected chi connectivity index (χ2v) is 4.76. The largest absolute Gasteiger partial charge is 0.387 e. The molecule has 0 radical (unpaired) electrons. The third-order valence-corrected chi connectivity index (χ3v) is 2.89. The molecule has 0 spiro atoms. The van der Waals surface area contributed by atoms with Gasteiger partial charge in [0.25, 0.3) is 0 Å². The second kappa shape index (κ2) is 5.10. The van der Waals surface area contributed by atoms with Gasteiger partial charge in [-0.15, -0.1) is 0 Å². The molecule has 0 aromatic rings. The lowest BCUT2D eigenvalue weighted by atomic mass is 9.84. The van der Waals surface area contributed by atoms with Crippen molar-refractivity contribution in [3.05, 3.63) is 0 Å². The van der Waals surface area contributed by atoms with E-state index in [2.05, 4.69) is 5.32 Å². The number of nitrogens with one attached hydrogen (secondary N) is 1. The van der Waals surface area contributed by atoms with Gasteiger partial charge in [0.15, 0.2) is 0 Å². The van der Waals surface area contributed by atoms with Gasteiger partial charge in [0.05, 0.1) is 18.3 Å². The molecule has 0 bridgehead atoms. The Kier molecular flexibility index (Phi) is 4.35. The van der Waals surface area contributed by atoms with Crippen molar-refractivity contribution in [3.8, 4) is 0 Å². The predicted octanol–water partition coefficient (Wildman–Crippen LogP) is 1.16. The first-order chi connectivity index (χ1) is 6.52. The quantitative estimate of drug-likeness (QED) is 0.717. The Morgan fingerprint density at radius 2 is 2.29 bits per heavy atom. The summed E-state index contributed by atoms with van der Waals surface area (Å²) in [5.74, 6) is 0.329. The molecule has 1 rings (SSSR count). The van der Waals surface area contributed by atoms with Gasteiger partial charge in [-0.05, 0) is 40.2 Å². The first-order valence-electron chi connectivity index (χ1n) is 5.57. The number of hydrogen-bond acceptors (Lipinski definition) is 3. The predicted molar refractivity (Wildman–Crippen MR) is 57.3 cm³/mol. The Labute approximate surface area is 86.8 Å². The number of ether oxygens (including phenoxy) is 1. The molecule has 2 atom stereocenters. The van der Waals surface area contributed by atoms with Gasteiger partial charge in [-0.1, -0.05) is 0 Å². The fraction of sp³-hybridized carbons (Fsp3) is 1.00. The third kappa shape index (κ3) is 3.56. The Morgan fingerprint density at radius 1 is 1.57 bits per heavy atom. The zero-order chi connectivity index (χ0) is 10.6. The van der Waals surface area contributed by atoms with E-state index in [0.717, 1.165) is 25.9 Å². The lowest BCUT2D eigenvalue weighted by Crippen LogP contribution is -2.47. The van der Waals surface area contributed by atoms with Crippen molar-refractivity contribution in [1.29, 1.82) is 0 Å². The summed E-state index contributed by atoms with van der Waals surface area (Å²) in [5.41, 5.74) is -0.683. The summed E-state index contributed by atoms with van der Waals surface area (Å²) in [5, 5.41) is 13.5. The minimum Gasteiger partial charge on any atom is -0.387 e. The molecule has 0 amide bonds. The van der Waals surface area contributed by atoms with E-state index in [1.807, 2.05) is 20.8 Å². The summed E-state index contributed by atoms with van der Waals surface area (Å²) >= 11 is 0. The molecule has 84 valence electrons. The van der Waals surface area contributed by atoms with E-state index in [-0.39, 0.29) is 6.10 Å². The minimum atomic E-state index is -0.683. The average Bonchev–Trinajstić information content (AvgIpc) is 2.16. The highest BCUT2D eigenvalue weighted by molar-refractivity contribution is 4.86. The summed E-state index contributed by atoms with van der Waals surface area (Å²) < 4.78 is 5.48. The molecule has 0 aromatic heterocycles. The highest BCUT2D eigenvalue weighted by Gasteiger charge is 2.33. The van der Waals surface area contributed by atoms with Crippen molar-refractivity contribution in [2.75, 3.05) is 19.7 Å². The van der Waals surface area contributed by atoms with Gasteiger partial charge >= 0.3 is 0 Å². The van der Waals surface area contributed by atoms with Crippen LogP contribution in [0.15, 0.2) is 0 Å². The standard InChI is InChI=1S/C11H23NO2/c1-9(2)14-8-11(3,13)10-5-4-6-12-7-10/h9-10,12-13H,4-8H2,1-3H3. The SMILES string of the molecule is CC(C)OCC(C)(O)C1CCCNC1. The van der Waals surface area contributed by atoms with Crippen LogP contribution in [0.5, 0.6) is 0 Å². The molecule has 2 N–H and O–H groups in total. The molecule has 0 aromatic carbocycles.